The molecule has 0 bridgehead atoms. The van der Waals surface area contributed by atoms with Crippen LogP contribution in [0.2, 0.25) is 0 Å². The van der Waals surface area contributed by atoms with E-state index in [1.54, 1.807) is 6.07 Å². The van der Waals surface area contributed by atoms with Crippen molar-refractivity contribution in [3.63, 3.8) is 0 Å². The number of benzene rings is 2. The van der Waals surface area contributed by atoms with Crippen molar-refractivity contribution in [1.29, 1.82) is 0 Å². The second kappa shape index (κ2) is 6.11. The fourth-order valence-electron chi connectivity index (χ4n) is 2.46. The number of anilines is 2. The monoisotopic (exact) mass is 325 g/mol. The number of halogens is 1. The maximum Gasteiger partial charge on any atom is 0.280 e. The fraction of sp³-hybridized carbons (Fsp3) is 0.118. The van der Waals surface area contributed by atoms with Crippen LogP contribution in [0.25, 0.3) is 5.69 Å². The third kappa shape index (κ3) is 2.96. The van der Waals surface area contributed by atoms with Gasteiger partial charge in [-0.1, -0.05) is 23.4 Å². The lowest BCUT2D eigenvalue weighted by Gasteiger charge is -2.07. The van der Waals surface area contributed by atoms with Gasteiger partial charge in [-0.15, -0.1) is 5.10 Å². The number of nitrogens with two attached hydrogens (primary N) is 1. The number of carbonyl (C=O) groups excluding carboxylic acids is 1. The van der Waals surface area contributed by atoms with Gasteiger partial charge in [0.1, 0.15) is 5.82 Å². The second-order valence-corrected chi connectivity index (χ2v) is 5.51. The van der Waals surface area contributed by atoms with E-state index in [4.69, 9.17) is 5.73 Å². The Morgan fingerprint density at radius 1 is 1.17 bits per heavy atom. The Kier molecular flexibility index (Phi) is 3.99. The molecule has 0 aliphatic carbocycles. The molecule has 6 nitrogen and oxygen atoms in total. The van der Waals surface area contributed by atoms with Gasteiger partial charge in [-0.3, -0.25) is 4.79 Å². The molecule has 0 saturated heterocycles. The molecule has 1 aromatic heterocycles. The fourth-order valence-corrected chi connectivity index (χ4v) is 2.46. The van der Waals surface area contributed by atoms with Crippen molar-refractivity contribution in [2.45, 2.75) is 13.8 Å². The third-order valence-electron chi connectivity index (χ3n) is 3.49. The summed E-state index contributed by atoms with van der Waals surface area (Å²) in [6, 6.07) is 11.7. The van der Waals surface area contributed by atoms with Gasteiger partial charge in [0.2, 0.25) is 0 Å². The topological polar surface area (TPSA) is 85.8 Å². The van der Waals surface area contributed by atoms with Crippen molar-refractivity contribution in [3.8, 4) is 5.69 Å². The van der Waals surface area contributed by atoms with Crippen LogP contribution in [0, 0.1) is 19.7 Å². The van der Waals surface area contributed by atoms with Crippen LogP contribution in [0.5, 0.6) is 0 Å². The molecule has 7 heteroatoms. The van der Waals surface area contributed by atoms with E-state index < -0.39 is 11.7 Å². The molecule has 0 saturated carbocycles. The standard InChI is InChI=1S/C17H16FN5O/c1-10-7-11(2)9-12(8-10)23-16(19)15(21-22-23)17(24)20-14-6-4-3-5-13(14)18/h3-9H,19H2,1-2H3,(H,20,24). The lowest BCUT2D eigenvalue weighted by atomic mass is 10.1. The number of nitrogens with zero attached hydrogens (tertiary/aromatic N) is 3. The minimum Gasteiger partial charge on any atom is -0.382 e. The average Bonchev–Trinajstić information content (AvgIpc) is 2.90. The molecule has 3 N–H and O–H groups in total. The number of hydrogen-bond donors (Lipinski definition) is 2. The van der Waals surface area contributed by atoms with Crippen LogP contribution in [-0.4, -0.2) is 20.9 Å². The predicted molar refractivity (Wildman–Crippen MR) is 89.6 cm³/mol. The maximum atomic E-state index is 13.6. The number of aromatic nitrogens is 3. The lowest BCUT2D eigenvalue weighted by Crippen LogP contribution is -2.15. The van der Waals surface area contributed by atoms with Crippen LogP contribution < -0.4 is 11.1 Å². The average molecular weight is 325 g/mol. The molecule has 0 radical (unpaired) electrons. The summed E-state index contributed by atoms with van der Waals surface area (Å²) in [4.78, 5) is 12.3. The number of amides is 1. The molecule has 1 amide bonds. The highest BCUT2D eigenvalue weighted by molar-refractivity contribution is 6.05. The van der Waals surface area contributed by atoms with Crippen LogP contribution in [0.3, 0.4) is 0 Å². The van der Waals surface area contributed by atoms with Crippen molar-refractivity contribution in [1.82, 2.24) is 15.0 Å². The minimum absolute atomic E-state index is 0.0580. The van der Waals surface area contributed by atoms with E-state index >= 15 is 0 Å². The van der Waals surface area contributed by atoms with Gasteiger partial charge in [-0.25, -0.2) is 4.39 Å². The van der Waals surface area contributed by atoms with Gasteiger partial charge in [-0.05, 0) is 49.2 Å². The first-order chi connectivity index (χ1) is 11.5. The molecule has 1 heterocycles. The molecule has 0 fully saturated rings. The molecule has 3 rings (SSSR count). The zero-order chi connectivity index (χ0) is 17.3. The summed E-state index contributed by atoms with van der Waals surface area (Å²) >= 11 is 0. The van der Waals surface area contributed by atoms with E-state index in [1.807, 2.05) is 32.0 Å². The van der Waals surface area contributed by atoms with Crippen LogP contribution in [0.15, 0.2) is 42.5 Å². The molecule has 0 aliphatic heterocycles. The highest BCUT2D eigenvalue weighted by Gasteiger charge is 2.19. The van der Waals surface area contributed by atoms with Gasteiger partial charge in [0.25, 0.3) is 5.91 Å². The van der Waals surface area contributed by atoms with Crippen LogP contribution in [0.1, 0.15) is 21.6 Å². The first kappa shape index (κ1) is 15.7. The second-order valence-electron chi connectivity index (χ2n) is 5.51. The number of para-hydroxylation sites is 1. The van der Waals surface area contributed by atoms with Crippen molar-refractivity contribution in [2.75, 3.05) is 11.1 Å². The molecule has 2 aromatic carbocycles. The van der Waals surface area contributed by atoms with E-state index in [0.29, 0.717) is 5.69 Å². The SMILES string of the molecule is Cc1cc(C)cc(-n2nnc(C(=O)Nc3ccccc3F)c2N)c1. The number of rotatable bonds is 3. The molecule has 0 unspecified atom stereocenters. The van der Waals surface area contributed by atoms with Crippen molar-refractivity contribution in [2.24, 2.45) is 0 Å². The highest BCUT2D eigenvalue weighted by Crippen LogP contribution is 2.20. The first-order valence-corrected chi connectivity index (χ1v) is 7.31. The Balaban J connectivity index is 1.92. The smallest absolute Gasteiger partial charge is 0.280 e. The molecule has 24 heavy (non-hydrogen) atoms. The van der Waals surface area contributed by atoms with Crippen molar-refractivity contribution >= 4 is 17.4 Å². The minimum atomic E-state index is -0.617. The number of aryl methyl sites for hydroxylation is 2. The van der Waals surface area contributed by atoms with Crippen LogP contribution in [-0.2, 0) is 0 Å². The van der Waals surface area contributed by atoms with Gasteiger partial charge in [0, 0.05) is 0 Å². The number of hydrogen-bond acceptors (Lipinski definition) is 4. The quantitative estimate of drug-likeness (QED) is 0.775. The summed E-state index contributed by atoms with van der Waals surface area (Å²) in [5, 5.41) is 10.2. The zero-order valence-corrected chi connectivity index (χ0v) is 13.2. The number of nitrogen functional groups attached to an aromatic ring is 1. The van der Waals surface area contributed by atoms with Crippen LogP contribution >= 0.6 is 0 Å². The largest absolute Gasteiger partial charge is 0.382 e. The highest BCUT2D eigenvalue weighted by atomic mass is 19.1. The molecule has 3 aromatic rings. The van der Waals surface area contributed by atoms with E-state index in [2.05, 4.69) is 15.6 Å². The lowest BCUT2D eigenvalue weighted by molar-refractivity contribution is 0.102. The van der Waals surface area contributed by atoms with Gasteiger partial charge >= 0.3 is 0 Å². The Morgan fingerprint density at radius 2 is 1.83 bits per heavy atom. The Morgan fingerprint density at radius 3 is 2.50 bits per heavy atom. The van der Waals surface area contributed by atoms with Crippen molar-refractivity contribution < 1.29 is 9.18 Å². The molecule has 122 valence electrons. The maximum absolute atomic E-state index is 13.6. The summed E-state index contributed by atoms with van der Waals surface area (Å²) in [5.74, 6) is -1.06. The Hall–Kier alpha value is -3.22. The number of carbonyl (C=O) groups is 1. The third-order valence-corrected chi connectivity index (χ3v) is 3.49. The van der Waals surface area contributed by atoms with Crippen molar-refractivity contribution in [3.05, 3.63) is 65.1 Å². The molecule has 0 spiro atoms. The van der Waals surface area contributed by atoms with E-state index in [-0.39, 0.29) is 17.2 Å². The van der Waals surface area contributed by atoms with Gasteiger partial charge in [0.05, 0.1) is 11.4 Å². The van der Waals surface area contributed by atoms with Gasteiger partial charge in [0.15, 0.2) is 11.5 Å². The van der Waals surface area contributed by atoms with E-state index in [1.165, 1.54) is 22.9 Å². The Bertz CT molecular complexity index is 899. The molecule has 0 aliphatic rings. The Labute approximate surface area is 138 Å². The first-order valence-electron chi connectivity index (χ1n) is 7.31. The summed E-state index contributed by atoms with van der Waals surface area (Å²) in [6.07, 6.45) is 0. The van der Waals surface area contributed by atoms with E-state index in [9.17, 15) is 9.18 Å². The molecular weight excluding hydrogens is 309 g/mol. The van der Waals surface area contributed by atoms with Gasteiger partial charge in [-0.2, -0.15) is 4.68 Å². The number of nitrogens with one attached hydrogen (secondary N) is 1. The molecular formula is C17H16FN5O. The summed E-state index contributed by atoms with van der Waals surface area (Å²) in [7, 11) is 0. The van der Waals surface area contributed by atoms with Crippen LogP contribution in [0.4, 0.5) is 15.9 Å². The van der Waals surface area contributed by atoms with E-state index in [0.717, 1.165) is 11.1 Å². The van der Waals surface area contributed by atoms with Gasteiger partial charge < -0.3 is 11.1 Å². The normalized spacial score (nSPS) is 10.6. The summed E-state index contributed by atoms with van der Waals surface area (Å²) in [5.41, 5.74) is 8.80. The zero-order valence-electron chi connectivity index (χ0n) is 13.2. The molecule has 0 atom stereocenters. The summed E-state index contributed by atoms with van der Waals surface area (Å²) < 4.78 is 15.0. The predicted octanol–water partition coefficient (Wildman–Crippen LogP) is 2.86. The summed E-state index contributed by atoms with van der Waals surface area (Å²) in [6.45, 7) is 3.91.